The van der Waals surface area contributed by atoms with Crippen LogP contribution in [0, 0.1) is 0 Å². The van der Waals surface area contributed by atoms with Crippen molar-refractivity contribution in [1.82, 2.24) is 21.3 Å². The van der Waals surface area contributed by atoms with E-state index in [1.54, 1.807) is 25.4 Å². The first-order valence-electron chi connectivity index (χ1n) is 8.52. The third-order valence-corrected chi connectivity index (χ3v) is 3.97. The zero-order chi connectivity index (χ0) is 19.1. The van der Waals surface area contributed by atoms with Crippen LogP contribution in [0.5, 0.6) is 0 Å². The summed E-state index contributed by atoms with van der Waals surface area (Å²) in [6.45, 7) is 1.77. The molecule has 1 aliphatic heterocycles. The topological polar surface area (TPSA) is 108 Å². The van der Waals surface area contributed by atoms with Crippen LogP contribution >= 0.6 is 0 Å². The van der Waals surface area contributed by atoms with Gasteiger partial charge < -0.3 is 0 Å². The summed E-state index contributed by atoms with van der Waals surface area (Å²) >= 11 is 0. The lowest BCUT2D eigenvalue weighted by Crippen LogP contribution is -2.52. The highest BCUT2D eigenvalue weighted by Gasteiger charge is 2.25. The summed E-state index contributed by atoms with van der Waals surface area (Å²) < 4.78 is 0. The molecule has 0 fully saturated rings. The first kappa shape index (κ1) is 18.2. The van der Waals surface area contributed by atoms with Gasteiger partial charge >= 0.3 is 0 Å². The Kier molecular flexibility index (Phi) is 5.88. The number of rotatable bonds is 6. The first-order valence-corrected chi connectivity index (χ1v) is 8.52. The second kappa shape index (κ2) is 8.70. The summed E-state index contributed by atoms with van der Waals surface area (Å²) in [6.07, 6.45) is 3.77. The van der Waals surface area contributed by atoms with Crippen LogP contribution in [0.2, 0.25) is 0 Å². The average Bonchev–Trinajstić information content (AvgIpc) is 2.70. The molecule has 2 aromatic rings. The maximum atomic E-state index is 12.2. The maximum Gasteiger partial charge on any atom is 0.263 e. The van der Waals surface area contributed by atoms with Crippen molar-refractivity contribution >= 4 is 23.4 Å². The molecule has 3 N–H and O–H groups in total. The predicted molar refractivity (Wildman–Crippen MR) is 102 cm³/mol. The smallest absolute Gasteiger partial charge is 0.263 e. The van der Waals surface area contributed by atoms with Gasteiger partial charge in [-0.05, 0) is 18.6 Å². The zero-order valence-electron chi connectivity index (χ0n) is 14.8. The molecular formula is C19H20N6O2. The number of nitrogens with zero attached hydrogens (tertiary/aromatic N) is 3. The molecule has 3 rings (SSSR count). The summed E-state index contributed by atoms with van der Waals surface area (Å²) in [5.74, 6) is -0.133. The van der Waals surface area contributed by atoms with Crippen LogP contribution in [-0.4, -0.2) is 34.4 Å². The normalized spacial score (nSPS) is 16.8. The lowest BCUT2D eigenvalue weighted by molar-refractivity contribution is -0.128. The number of hydrazine groups is 1. The van der Waals surface area contributed by atoms with Crippen molar-refractivity contribution in [2.24, 2.45) is 10.1 Å². The standard InChI is InChI=1S/C19H20N6O2/c1-13(15-8-5-9-20-12-15)22-24-18(26)11-16-19(27)25-23-17(21-16)10-14-6-3-2-4-7-14/h2-9,12,16H,10-11H2,1H3,(H,21,23)(H,24,26)(H,25,27)/b22-13+. The summed E-state index contributed by atoms with van der Waals surface area (Å²) in [6, 6.07) is 12.6. The van der Waals surface area contributed by atoms with Gasteiger partial charge in [0.1, 0.15) is 11.9 Å². The van der Waals surface area contributed by atoms with Crippen LogP contribution in [0.3, 0.4) is 0 Å². The number of amidine groups is 1. The number of nitrogens with one attached hydrogen (secondary N) is 3. The minimum atomic E-state index is -0.793. The number of aliphatic imine (C=N–C) groups is 1. The first-order chi connectivity index (χ1) is 13.1. The number of amides is 2. The van der Waals surface area contributed by atoms with E-state index in [0.717, 1.165) is 11.1 Å². The fourth-order valence-corrected chi connectivity index (χ4v) is 2.52. The van der Waals surface area contributed by atoms with Crippen molar-refractivity contribution in [2.45, 2.75) is 25.8 Å². The average molecular weight is 364 g/mol. The Morgan fingerprint density at radius 3 is 2.74 bits per heavy atom. The summed E-state index contributed by atoms with van der Waals surface area (Å²) in [4.78, 5) is 32.5. The van der Waals surface area contributed by atoms with Crippen molar-refractivity contribution in [3.8, 4) is 0 Å². The number of aromatic nitrogens is 1. The molecule has 0 bridgehead atoms. The van der Waals surface area contributed by atoms with Crippen LogP contribution in [0.1, 0.15) is 24.5 Å². The Morgan fingerprint density at radius 2 is 2.00 bits per heavy atom. The lowest BCUT2D eigenvalue weighted by atomic mass is 10.1. The molecule has 1 aromatic heterocycles. The SMILES string of the molecule is C/C(=N\NC(=O)CC1N=C(Cc2ccccc2)NNC1=O)c1cccnc1. The van der Waals surface area contributed by atoms with Crippen molar-refractivity contribution < 1.29 is 9.59 Å². The molecule has 0 spiro atoms. The number of hydrogen-bond acceptors (Lipinski definition) is 6. The fourth-order valence-electron chi connectivity index (χ4n) is 2.52. The van der Waals surface area contributed by atoms with Gasteiger partial charge in [-0.2, -0.15) is 5.10 Å². The van der Waals surface area contributed by atoms with E-state index < -0.39 is 6.04 Å². The van der Waals surface area contributed by atoms with Gasteiger partial charge in [0, 0.05) is 24.4 Å². The molecule has 138 valence electrons. The van der Waals surface area contributed by atoms with Crippen LogP contribution in [-0.2, 0) is 16.0 Å². The Morgan fingerprint density at radius 1 is 1.19 bits per heavy atom. The van der Waals surface area contributed by atoms with E-state index in [2.05, 4.69) is 31.4 Å². The second-order valence-electron chi connectivity index (χ2n) is 6.05. The molecular weight excluding hydrogens is 344 g/mol. The van der Waals surface area contributed by atoms with Gasteiger partial charge in [0.05, 0.1) is 12.1 Å². The van der Waals surface area contributed by atoms with E-state index >= 15 is 0 Å². The van der Waals surface area contributed by atoms with Gasteiger partial charge in [0.25, 0.3) is 5.91 Å². The number of carbonyl (C=O) groups excluding carboxylic acids is 2. The Hall–Kier alpha value is -3.55. The lowest BCUT2D eigenvalue weighted by Gasteiger charge is -2.21. The number of hydrogen-bond donors (Lipinski definition) is 3. The third-order valence-electron chi connectivity index (χ3n) is 3.97. The second-order valence-corrected chi connectivity index (χ2v) is 6.05. The molecule has 27 heavy (non-hydrogen) atoms. The van der Waals surface area contributed by atoms with Gasteiger partial charge in [-0.3, -0.25) is 30.4 Å². The Bertz CT molecular complexity index is 864. The predicted octanol–water partition coefficient (Wildman–Crippen LogP) is 0.956. The summed E-state index contributed by atoms with van der Waals surface area (Å²) in [7, 11) is 0. The van der Waals surface area contributed by atoms with E-state index in [1.165, 1.54) is 0 Å². The van der Waals surface area contributed by atoms with Crippen LogP contribution in [0.4, 0.5) is 0 Å². The zero-order valence-corrected chi connectivity index (χ0v) is 14.8. The van der Waals surface area contributed by atoms with Crippen molar-refractivity contribution in [2.75, 3.05) is 0 Å². The molecule has 1 aliphatic rings. The minimum Gasteiger partial charge on any atom is -0.285 e. The largest absolute Gasteiger partial charge is 0.285 e. The quantitative estimate of drug-likeness (QED) is 0.524. The molecule has 0 aliphatic carbocycles. The van der Waals surface area contributed by atoms with Gasteiger partial charge in [-0.1, -0.05) is 36.4 Å². The molecule has 8 heteroatoms. The van der Waals surface area contributed by atoms with E-state index in [9.17, 15) is 9.59 Å². The van der Waals surface area contributed by atoms with E-state index in [0.29, 0.717) is 18.0 Å². The van der Waals surface area contributed by atoms with Crippen molar-refractivity contribution in [1.29, 1.82) is 0 Å². The van der Waals surface area contributed by atoms with E-state index in [4.69, 9.17) is 0 Å². The van der Waals surface area contributed by atoms with Gasteiger partial charge in [0.15, 0.2) is 0 Å². The molecule has 1 atom stereocenters. The molecule has 1 aromatic carbocycles. The molecule has 1 unspecified atom stereocenters. The number of carbonyl (C=O) groups is 2. The maximum absolute atomic E-state index is 12.2. The number of hydrazone groups is 1. The number of benzene rings is 1. The monoisotopic (exact) mass is 364 g/mol. The fraction of sp³-hybridized carbons (Fsp3) is 0.211. The molecule has 0 saturated heterocycles. The van der Waals surface area contributed by atoms with Gasteiger partial charge in [0.2, 0.25) is 5.91 Å². The van der Waals surface area contributed by atoms with E-state index in [-0.39, 0.29) is 18.2 Å². The highest BCUT2D eigenvalue weighted by atomic mass is 16.2. The van der Waals surface area contributed by atoms with Crippen LogP contribution < -0.4 is 16.3 Å². The van der Waals surface area contributed by atoms with E-state index in [1.807, 2.05) is 36.4 Å². The molecule has 0 saturated carbocycles. The Balaban J connectivity index is 1.60. The molecule has 8 nitrogen and oxygen atoms in total. The molecule has 2 heterocycles. The highest BCUT2D eigenvalue weighted by Crippen LogP contribution is 2.07. The Labute approximate surface area is 156 Å². The van der Waals surface area contributed by atoms with Crippen molar-refractivity contribution in [3.63, 3.8) is 0 Å². The van der Waals surface area contributed by atoms with Crippen molar-refractivity contribution in [3.05, 3.63) is 66.0 Å². The molecule has 2 amide bonds. The van der Waals surface area contributed by atoms with Crippen LogP contribution in [0.15, 0.2) is 65.0 Å². The summed E-state index contributed by atoms with van der Waals surface area (Å²) in [5.41, 5.74) is 10.3. The minimum absolute atomic E-state index is 0.0877. The van der Waals surface area contributed by atoms with Crippen LogP contribution in [0.25, 0.3) is 0 Å². The van der Waals surface area contributed by atoms with Gasteiger partial charge in [-0.15, -0.1) is 0 Å². The van der Waals surface area contributed by atoms with Gasteiger partial charge in [-0.25, -0.2) is 5.43 Å². The molecule has 0 radical (unpaired) electrons. The number of pyridine rings is 1. The highest BCUT2D eigenvalue weighted by molar-refractivity contribution is 5.99. The third kappa shape index (κ3) is 5.21. The summed E-state index contributed by atoms with van der Waals surface area (Å²) in [5, 5.41) is 4.05.